The molecule has 0 aliphatic rings. The number of hydrogen-bond donors (Lipinski definition) is 0. The maximum absolute atomic E-state index is 12.4. The number of aromatic nitrogens is 4. The molecule has 0 N–H and O–H groups in total. The SMILES string of the molecule is [C-]#[N+]c1c(-n2c3ccccc3c3ccccc32)c(C#N)c(-n2c3ccccc3c3cc4sc5ccccc5c4cc32)c(-n2c3ccccc3c3ccccc32)c1-n1c2ccccc2c2ccccc21. The quantitative estimate of drug-likeness (QED) is 0.162. The van der Waals surface area contributed by atoms with Crippen molar-refractivity contribution in [1.29, 1.82) is 5.26 Å². The highest BCUT2D eigenvalue weighted by Crippen LogP contribution is 2.52. The highest BCUT2D eigenvalue weighted by molar-refractivity contribution is 7.25. The molecule has 15 rings (SSSR count). The number of hydrogen-bond acceptors (Lipinski definition) is 2. The first-order chi connectivity index (χ1) is 34.2. The van der Waals surface area contributed by atoms with Gasteiger partial charge in [0.2, 0.25) is 5.69 Å². The maximum Gasteiger partial charge on any atom is 0.237 e. The topological polar surface area (TPSA) is 47.9 Å². The summed E-state index contributed by atoms with van der Waals surface area (Å²) in [6, 6.07) is 75.6. The minimum Gasteiger partial charge on any atom is -0.318 e. The van der Waals surface area contributed by atoms with Crippen molar-refractivity contribution in [1.82, 2.24) is 18.3 Å². The van der Waals surface area contributed by atoms with Gasteiger partial charge in [-0.25, -0.2) is 4.85 Å². The number of nitriles is 1. The number of para-hydroxylation sites is 7. The van der Waals surface area contributed by atoms with E-state index in [1.165, 1.54) is 14.8 Å². The minimum atomic E-state index is 0.372. The van der Waals surface area contributed by atoms with Gasteiger partial charge in [0, 0.05) is 63.3 Å². The van der Waals surface area contributed by atoms with Crippen molar-refractivity contribution in [3.05, 3.63) is 223 Å². The van der Waals surface area contributed by atoms with Crippen LogP contribution < -0.4 is 0 Å². The van der Waals surface area contributed by atoms with E-state index in [0.29, 0.717) is 28.3 Å². The largest absolute Gasteiger partial charge is 0.318 e. The molecule has 5 aromatic heterocycles. The molecule has 0 saturated heterocycles. The van der Waals surface area contributed by atoms with Gasteiger partial charge < -0.3 is 18.3 Å². The predicted molar refractivity (Wildman–Crippen MR) is 288 cm³/mol. The second kappa shape index (κ2) is 14.1. The van der Waals surface area contributed by atoms with E-state index < -0.39 is 0 Å². The summed E-state index contributed by atoms with van der Waals surface area (Å²) < 4.78 is 11.6. The van der Waals surface area contributed by atoms with Crippen LogP contribution in [-0.4, -0.2) is 18.3 Å². The van der Waals surface area contributed by atoms with Gasteiger partial charge in [-0.05, 0) is 60.7 Å². The van der Waals surface area contributed by atoms with E-state index in [0.717, 1.165) is 98.3 Å². The van der Waals surface area contributed by atoms with Crippen molar-refractivity contribution < 1.29 is 0 Å². The third-order valence-corrected chi connectivity index (χ3v) is 15.5. The van der Waals surface area contributed by atoms with Crippen molar-refractivity contribution >= 4 is 124 Å². The van der Waals surface area contributed by atoms with Crippen molar-refractivity contribution in [2.45, 2.75) is 0 Å². The molecule has 5 heterocycles. The molecule has 0 atom stereocenters. The summed E-state index contributed by atoms with van der Waals surface area (Å²) in [6.07, 6.45) is 0. The summed E-state index contributed by atoms with van der Waals surface area (Å²) in [6.45, 7) is 9.61. The van der Waals surface area contributed by atoms with Gasteiger partial charge >= 0.3 is 0 Å². The van der Waals surface area contributed by atoms with Crippen LogP contribution in [0, 0.1) is 17.9 Å². The van der Waals surface area contributed by atoms with Crippen molar-refractivity contribution in [3.8, 4) is 28.8 Å². The van der Waals surface area contributed by atoms with Gasteiger partial charge in [0.15, 0.2) is 0 Å². The first-order valence-corrected chi connectivity index (χ1v) is 23.9. The van der Waals surface area contributed by atoms with Crippen LogP contribution in [0.4, 0.5) is 5.69 Å². The summed E-state index contributed by atoms with van der Waals surface area (Å²) in [7, 11) is 0. The lowest BCUT2D eigenvalue weighted by Crippen LogP contribution is -2.14. The Balaban J connectivity index is 1.29. The summed E-state index contributed by atoms with van der Waals surface area (Å²) in [5, 5.41) is 23.3. The molecule has 10 aromatic carbocycles. The van der Waals surface area contributed by atoms with E-state index in [2.05, 4.69) is 218 Å². The molecular formula is C62H34N6S. The standard InChI is InChI=1S/C62H34N6S/c1-64-58-59(65-48-26-10-2-18-37(48)38-19-3-11-27-49(38)65)47(36-63)60(68-54-32-16-8-24-43(54)45-35-57-46(34-55(45)68)44-25-9-17-33-56(44)69-57)62(67-52-30-14-6-22-41(52)42-23-7-15-31-53(42)67)61(58)66-50-28-12-4-20-39(50)40-21-5-13-29-51(40)66/h2-35H. The number of rotatable bonds is 4. The van der Waals surface area contributed by atoms with Gasteiger partial charge in [0.1, 0.15) is 6.07 Å². The van der Waals surface area contributed by atoms with E-state index in [-0.39, 0.29) is 0 Å². The molecule has 7 heteroatoms. The van der Waals surface area contributed by atoms with Crippen LogP contribution in [0.2, 0.25) is 0 Å². The van der Waals surface area contributed by atoms with Gasteiger partial charge in [-0.15, -0.1) is 11.3 Å². The maximum atomic E-state index is 12.4. The molecule has 0 aliphatic carbocycles. The highest BCUT2D eigenvalue weighted by atomic mass is 32.1. The number of nitrogens with zero attached hydrogens (tertiary/aromatic N) is 6. The van der Waals surface area contributed by atoms with Crippen LogP contribution in [0.1, 0.15) is 5.56 Å². The van der Waals surface area contributed by atoms with Crippen LogP contribution in [0.5, 0.6) is 0 Å². The molecule has 6 nitrogen and oxygen atoms in total. The smallest absolute Gasteiger partial charge is 0.237 e. The second-order valence-electron chi connectivity index (χ2n) is 17.8. The number of thiophene rings is 1. The van der Waals surface area contributed by atoms with E-state index in [9.17, 15) is 11.8 Å². The molecule has 0 amide bonds. The monoisotopic (exact) mass is 894 g/mol. The zero-order valence-corrected chi connectivity index (χ0v) is 37.5. The first kappa shape index (κ1) is 37.8. The summed E-state index contributed by atoms with van der Waals surface area (Å²) in [5.41, 5.74) is 11.1. The third kappa shape index (κ3) is 4.96. The van der Waals surface area contributed by atoms with Crippen LogP contribution in [-0.2, 0) is 0 Å². The number of benzene rings is 10. The Morgan fingerprint density at radius 2 is 0.681 bits per heavy atom. The predicted octanol–water partition coefficient (Wildman–Crippen LogP) is 16.9. The van der Waals surface area contributed by atoms with Crippen LogP contribution in [0.25, 0.3) is 135 Å². The van der Waals surface area contributed by atoms with Gasteiger partial charge in [-0.1, -0.05) is 146 Å². The van der Waals surface area contributed by atoms with E-state index in [1.807, 2.05) is 12.1 Å². The molecule has 0 fully saturated rings. The van der Waals surface area contributed by atoms with Gasteiger partial charge in [0.05, 0.1) is 79.0 Å². The molecule has 318 valence electrons. The Labute approximate surface area is 398 Å². The van der Waals surface area contributed by atoms with Crippen molar-refractivity contribution in [2.75, 3.05) is 0 Å². The average Bonchev–Trinajstić information content (AvgIpc) is 4.20. The first-order valence-electron chi connectivity index (χ1n) is 23.0. The third-order valence-electron chi connectivity index (χ3n) is 14.4. The molecule has 15 aromatic rings. The second-order valence-corrected chi connectivity index (χ2v) is 18.9. The number of fused-ring (bicyclic) bond motifs is 15. The Hall–Kier alpha value is -9.40. The van der Waals surface area contributed by atoms with Crippen LogP contribution in [0.3, 0.4) is 0 Å². The molecule has 0 bridgehead atoms. The summed E-state index contributed by atoms with van der Waals surface area (Å²) in [4.78, 5) is 4.70. The lowest BCUT2D eigenvalue weighted by Gasteiger charge is -2.27. The Morgan fingerprint density at radius 3 is 1.10 bits per heavy atom. The van der Waals surface area contributed by atoms with Crippen LogP contribution in [0.15, 0.2) is 206 Å². The fourth-order valence-electron chi connectivity index (χ4n) is 11.7. The van der Waals surface area contributed by atoms with Crippen LogP contribution >= 0.6 is 11.3 Å². The minimum absolute atomic E-state index is 0.372. The molecule has 0 saturated carbocycles. The lowest BCUT2D eigenvalue weighted by atomic mass is 10.0. The summed E-state index contributed by atoms with van der Waals surface area (Å²) >= 11 is 1.81. The summed E-state index contributed by atoms with van der Waals surface area (Å²) in [5.74, 6) is 0. The molecule has 0 aliphatic heterocycles. The molecule has 69 heavy (non-hydrogen) atoms. The van der Waals surface area contributed by atoms with E-state index in [1.54, 1.807) is 11.3 Å². The zero-order chi connectivity index (χ0) is 45.5. The van der Waals surface area contributed by atoms with Gasteiger partial charge in [-0.3, -0.25) is 0 Å². The van der Waals surface area contributed by atoms with Gasteiger partial charge in [0.25, 0.3) is 0 Å². The average molecular weight is 895 g/mol. The Kier molecular flexibility index (Phi) is 7.70. The Morgan fingerprint density at radius 1 is 0.333 bits per heavy atom. The molecule has 0 unspecified atom stereocenters. The lowest BCUT2D eigenvalue weighted by molar-refractivity contribution is 1.03. The van der Waals surface area contributed by atoms with Crippen molar-refractivity contribution in [3.63, 3.8) is 0 Å². The normalized spacial score (nSPS) is 12.0. The fourth-order valence-corrected chi connectivity index (χ4v) is 12.8. The van der Waals surface area contributed by atoms with E-state index >= 15 is 0 Å². The highest BCUT2D eigenvalue weighted by Gasteiger charge is 2.34. The molecule has 0 radical (unpaired) electrons. The zero-order valence-electron chi connectivity index (χ0n) is 36.7. The fraction of sp³-hybridized carbons (Fsp3) is 0. The van der Waals surface area contributed by atoms with E-state index in [4.69, 9.17) is 4.85 Å². The Bertz CT molecular complexity index is 4660. The van der Waals surface area contributed by atoms with Crippen molar-refractivity contribution in [2.24, 2.45) is 0 Å². The molecular weight excluding hydrogens is 861 g/mol. The van der Waals surface area contributed by atoms with Gasteiger partial charge in [-0.2, -0.15) is 5.26 Å². The molecule has 0 spiro atoms.